The van der Waals surface area contributed by atoms with E-state index in [-0.39, 0.29) is 30.7 Å². The first-order valence-corrected chi connectivity index (χ1v) is 11.4. The van der Waals surface area contributed by atoms with Gasteiger partial charge in [0.15, 0.2) is 23.7 Å². The van der Waals surface area contributed by atoms with Gasteiger partial charge in [-0.25, -0.2) is 22.5 Å². The van der Waals surface area contributed by atoms with Gasteiger partial charge in [-0.3, -0.25) is 0 Å². The maximum Gasteiger partial charge on any atom is 0.194 e. The van der Waals surface area contributed by atoms with E-state index in [1.807, 2.05) is 18.2 Å². The fourth-order valence-electron chi connectivity index (χ4n) is 4.44. The lowest BCUT2D eigenvalue weighted by Gasteiger charge is -2.39. The molecule has 37 heavy (non-hydrogen) atoms. The number of rotatable bonds is 7. The molecule has 10 nitrogen and oxygen atoms in total. The normalized spacial score (nSPS) is 21.8. The molecule has 1 aliphatic heterocycles. The molecule has 2 aromatic heterocycles. The van der Waals surface area contributed by atoms with Gasteiger partial charge in [-0.15, -0.1) is 10.2 Å². The Morgan fingerprint density at radius 1 is 1.11 bits per heavy atom. The topological polar surface area (TPSA) is 120 Å². The van der Waals surface area contributed by atoms with E-state index < -0.39 is 41.9 Å². The van der Waals surface area contributed by atoms with Crippen molar-refractivity contribution >= 4 is 0 Å². The third-order valence-electron chi connectivity index (χ3n) is 6.31. The zero-order valence-corrected chi connectivity index (χ0v) is 19.6. The van der Waals surface area contributed by atoms with Crippen molar-refractivity contribution in [3.63, 3.8) is 0 Å². The molecule has 3 heterocycles. The third-order valence-corrected chi connectivity index (χ3v) is 6.31. The first-order chi connectivity index (χ1) is 17.9. The monoisotopic (exact) mass is 516 g/mol. The van der Waals surface area contributed by atoms with E-state index in [9.17, 15) is 23.4 Å². The molecular weight excluding hydrogens is 493 g/mol. The molecule has 4 aromatic rings. The van der Waals surface area contributed by atoms with Gasteiger partial charge in [0.1, 0.15) is 17.5 Å². The number of benzene rings is 2. The minimum atomic E-state index is -1.58. The lowest BCUT2D eigenvalue weighted by atomic mass is 9.96. The molecule has 0 bridgehead atoms. The van der Waals surface area contributed by atoms with Crippen LogP contribution in [0.4, 0.5) is 13.2 Å². The average molecular weight is 516 g/mol. The van der Waals surface area contributed by atoms with Crippen LogP contribution in [0.5, 0.6) is 5.75 Å². The molecule has 0 aliphatic carbocycles. The summed E-state index contributed by atoms with van der Waals surface area (Å²) in [6.07, 6.45) is 0.702. The molecular formula is C24H23F3N6O4. The number of halogens is 3. The Morgan fingerprint density at radius 3 is 2.62 bits per heavy atom. The number of aliphatic hydroxyl groups is 2. The van der Waals surface area contributed by atoms with Crippen molar-refractivity contribution in [2.24, 2.45) is 0 Å². The second-order valence-corrected chi connectivity index (χ2v) is 8.57. The van der Waals surface area contributed by atoms with Crippen LogP contribution in [0.3, 0.4) is 0 Å². The van der Waals surface area contributed by atoms with Gasteiger partial charge in [0.05, 0.1) is 37.3 Å². The van der Waals surface area contributed by atoms with Gasteiger partial charge in [0.25, 0.3) is 0 Å². The quantitative estimate of drug-likeness (QED) is 0.360. The fraction of sp³-hybridized carbons (Fsp3) is 0.333. The lowest BCUT2D eigenvalue weighted by Crippen LogP contribution is -2.45. The second-order valence-electron chi connectivity index (χ2n) is 8.57. The van der Waals surface area contributed by atoms with Crippen molar-refractivity contribution in [2.75, 3.05) is 13.7 Å². The molecule has 0 spiro atoms. The highest BCUT2D eigenvalue weighted by molar-refractivity contribution is 5.60. The van der Waals surface area contributed by atoms with E-state index in [2.05, 4.69) is 20.6 Å². The summed E-state index contributed by atoms with van der Waals surface area (Å²) in [5.74, 6) is -3.64. The van der Waals surface area contributed by atoms with Crippen LogP contribution in [0.2, 0.25) is 0 Å². The first-order valence-electron chi connectivity index (χ1n) is 11.4. The van der Waals surface area contributed by atoms with Gasteiger partial charge in [-0.05, 0) is 30.7 Å². The van der Waals surface area contributed by atoms with Crippen LogP contribution in [0.1, 0.15) is 25.1 Å². The van der Waals surface area contributed by atoms with Gasteiger partial charge >= 0.3 is 0 Å². The Labute approximate surface area is 208 Å². The molecule has 194 valence electrons. The predicted molar refractivity (Wildman–Crippen MR) is 123 cm³/mol. The van der Waals surface area contributed by atoms with Crippen molar-refractivity contribution in [2.45, 2.75) is 37.3 Å². The number of nitrogens with zero attached hydrogens (tertiary/aromatic N) is 6. The smallest absolute Gasteiger partial charge is 0.194 e. The molecule has 1 fully saturated rings. The van der Waals surface area contributed by atoms with Crippen molar-refractivity contribution < 1.29 is 32.9 Å². The van der Waals surface area contributed by atoms with Gasteiger partial charge in [0, 0.05) is 24.2 Å². The minimum absolute atomic E-state index is 0.00996. The highest BCUT2D eigenvalue weighted by atomic mass is 19.2. The molecule has 13 heteroatoms. The molecule has 0 unspecified atom stereocenters. The maximum atomic E-state index is 13.7. The fourth-order valence-corrected chi connectivity index (χ4v) is 4.44. The molecule has 1 saturated heterocycles. The summed E-state index contributed by atoms with van der Waals surface area (Å²) in [6.45, 7) is -0.238. The highest BCUT2D eigenvalue weighted by Crippen LogP contribution is 2.38. The Morgan fingerprint density at radius 2 is 1.89 bits per heavy atom. The van der Waals surface area contributed by atoms with Gasteiger partial charge < -0.3 is 19.7 Å². The van der Waals surface area contributed by atoms with E-state index in [0.29, 0.717) is 11.4 Å². The summed E-state index contributed by atoms with van der Waals surface area (Å²) >= 11 is 0. The zero-order valence-electron chi connectivity index (χ0n) is 19.6. The first kappa shape index (κ1) is 24.9. The molecule has 0 saturated carbocycles. The summed E-state index contributed by atoms with van der Waals surface area (Å²) in [4.78, 5) is 0. The highest BCUT2D eigenvalue weighted by Gasteiger charge is 2.41. The summed E-state index contributed by atoms with van der Waals surface area (Å²) in [6, 6.07) is 8.25. The molecule has 5 rings (SSSR count). The van der Waals surface area contributed by atoms with E-state index >= 15 is 0 Å². The summed E-state index contributed by atoms with van der Waals surface area (Å²) < 4.78 is 55.2. The van der Waals surface area contributed by atoms with E-state index in [0.717, 1.165) is 17.7 Å². The minimum Gasteiger partial charge on any atom is -0.497 e. The van der Waals surface area contributed by atoms with Crippen molar-refractivity contribution in [3.8, 4) is 28.3 Å². The van der Waals surface area contributed by atoms with Crippen LogP contribution in [0, 0.1) is 17.5 Å². The van der Waals surface area contributed by atoms with Crippen LogP contribution < -0.4 is 4.74 Å². The van der Waals surface area contributed by atoms with Crippen LogP contribution in [-0.2, 0) is 4.74 Å². The van der Waals surface area contributed by atoms with Gasteiger partial charge in [-0.1, -0.05) is 22.6 Å². The largest absolute Gasteiger partial charge is 0.497 e. The number of hydrogen-bond donors (Lipinski definition) is 2. The van der Waals surface area contributed by atoms with Crippen LogP contribution in [-0.4, -0.2) is 66.1 Å². The summed E-state index contributed by atoms with van der Waals surface area (Å²) in [5, 5.41) is 36.8. The molecule has 2 aromatic carbocycles. The molecule has 0 amide bonds. The molecule has 4 atom stereocenters. The van der Waals surface area contributed by atoms with Crippen molar-refractivity contribution in [1.82, 2.24) is 30.0 Å². The Balaban J connectivity index is 1.48. The summed E-state index contributed by atoms with van der Waals surface area (Å²) in [7, 11) is 1.56. The molecule has 0 radical (unpaired) electrons. The van der Waals surface area contributed by atoms with Crippen molar-refractivity contribution in [3.05, 3.63) is 66.2 Å². The third kappa shape index (κ3) is 4.80. The standard InChI is InChI=1S/C24H23F3N6O4/c1-36-15-4-2-3-13(7-15)20-11-28-30-33(20)22-10-19(24(35)21(37-22)5-6-34)32-12-18(29-31-32)14-8-16(25)23(27)17(26)9-14/h2-4,7-9,11-12,19,21-22,24,34-35H,5-6,10H2,1H3/t19-,21-,22-,24-/m1/s1. The molecule has 2 N–H and O–H groups in total. The van der Waals surface area contributed by atoms with Gasteiger partial charge in [0.2, 0.25) is 0 Å². The Kier molecular flexibility index (Phi) is 6.91. The van der Waals surface area contributed by atoms with E-state index in [1.165, 1.54) is 10.9 Å². The number of hydrogen-bond acceptors (Lipinski definition) is 8. The maximum absolute atomic E-state index is 13.7. The van der Waals surface area contributed by atoms with E-state index in [1.54, 1.807) is 24.1 Å². The number of ether oxygens (including phenoxy) is 2. The zero-order chi connectivity index (χ0) is 26.1. The number of aromatic nitrogens is 6. The summed E-state index contributed by atoms with van der Waals surface area (Å²) in [5.41, 5.74) is 1.49. The van der Waals surface area contributed by atoms with Gasteiger partial charge in [-0.2, -0.15) is 0 Å². The van der Waals surface area contributed by atoms with Crippen LogP contribution >= 0.6 is 0 Å². The second kappa shape index (κ2) is 10.3. The lowest BCUT2D eigenvalue weighted by molar-refractivity contribution is -0.176. The van der Waals surface area contributed by atoms with Crippen LogP contribution in [0.25, 0.3) is 22.5 Å². The molecule has 1 aliphatic rings. The number of methoxy groups -OCH3 is 1. The predicted octanol–water partition coefficient (Wildman–Crippen LogP) is 2.90. The van der Waals surface area contributed by atoms with Crippen molar-refractivity contribution in [1.29, 1.82) is 0 Å². The Bertz CT molecular complexity index is 1370. The number of aliphatic hydroxyl groups excluding tert-OH is 2. The Hall–Kier alpha value is -3.81. The average Bonchev–Trinajstić information content (AvgIpc) is 3.59. The van der Waals surface area contributed by atoms with Crippen LogP contribution in [0.15, 0.2) is 48.8 Å². The van der Waals surface area contributed by atoms with E-state index in [4.69, 9.17) is 9.47 Å². The SMILES string of the molecule is COc1cccc(-c2cnnn2[C@H]2C[C@@H](n3cc(-c4cc(F)c(F)c(F)c4)nn3)[C@@H](O)[C@@H](CCO)O2)c1.